The Morgan fingerprint density at radius 3 is 2.21 bits per heavy atom. The lowest BCUT2D eigenvalue weighted by molar-refractivity contribution is -0.151. The van der Waals surface area contributed by atoms with Crippen LogP contribution in [0, 0.1) is 5.92 Å². The summed E-state index contributed by atoms with van der Waals surface area (Å²) in [4.78, 5) is 26.5. The number of nitrogens with zero attached hydrogens (tertiary/aromatic N) is 1. The minimum atomic E-state index is -0.173. The second kappa shape index (κ2) is 9.12. The SMILES string of the molecule is CC(C)(C)c1ccc(COC(=O)C2CCN(C(=O)Nc3ccccc3)CC2)cc1. The van der Waals surface area contributed by atoms with Crippen molar-refractivity contribution in [1.82, 2.24) is 4.90 Å². The third kappa shape index (κ3) is 5.83. The fourth-order valence-electron chi connectivity index (χ4n) is 3.42. The first-order valence-corrected chi connectivity index (χ1v) is 10.2. The van der Waals surface area contributed by atoms with E-state index in [9.17, 15) is 9.59 Å². The summed E-state index contributed by atoms with van der Waals surface area (Å²) in [6.07, 6.45) is 1.26. The van der Waals surface area contributed by atoms with Crippen LogP contribution in [0.2, 0.25) is 0 Å². The van der Waals surface area contributed by atoms with Crippen LogP contribution in [-0.2, 0) is 21.6 Å². The number of carbonyl (C=O) groups is 2. The molecule has 0 aliphatic carbocycles. The van der Waals surface area contributed by atoms with Crippen molar-refractivity contribution in [2.24, 2.45) is 5.92 Å². The smallest absolute Gasteiger partial charge is 0.321 e. The van der Waals surface area contributed by atoms with E-state index in [-0.39, 0.29) is 29.9 Å². The monoisotopic (exact) mass is 394 g/mol. The highest BCUT2D eigenvalue weighted by molar-refractivity contribution is 5.89. The summed E-state index contributed by atoms with van der Waals surface area (Å²) < 4.78 is 5.53. The zero-order valence-electron chi connectivity index (χ0n) is 17.5. The number of hydrogen-bond donors (Lipinski definition) is 1. The fraction of sp³-hybridized carbons (Fsp3) is 0.417. The first-order valence-electron chi connectivity index (χ1n) is 10.2. The van der Waals surface area contributed by atoms with Crippen LogP contribution in [0.3, 0.4) is 0 Å². The Kier molecular flexibility index (Phi) is 6.57. The number of hydrogen-bond acceptors (Lipinski definition) is 3. The molecule has 154 valence electrons. The van der Waals surface area contributed by atoms with E-state index in [1.54, 1.807) is 4.90 Å². The van der Waals surface area contributed by atoms with Gasteiger partial charge in [0, 0.05) is 18.8 Å². The van der Waals surface area contributed by atoms with Gasteiger partial charge in [-0.2, -0.15) is 0 Å². The number of rotatable bonds is 4. The number of piperidine rings is 1. The number of urea groups is 1. The van der Waals surface area contributed by atoms with Crippen molar-refractivity contribution < 1.29 is 14.3 Å². The zero-order valence-corrected chi connectivity index (χ0v) is 17.5. The van der Waals surface area contributed by atoms with Crippen molar-refractivity contribution in [1.29, 1.82) is 0 Å². The Morgan fingerprint density at radius 2 is 1.62 bits per heavy atom. The molecule has 0 unspecified atom stereocenters. The second-order valence-corrected chi connectivity index (χ2v) is 8.61. The number of amides is 2. The van der Waals surface area contributed by atoms with Crippen molar-refractivity contribution in [3.8, 4) is 0 Å². The van der Waals surface area contributed by atoms with Crippen LogP contribution in [-0.4, -0.2) is 30.0 Å². The Balaban J connectivity index is 1.43. The molecule has 5 heteroatoms. The van der Waals surface area contributed by atoms with Crippen LogP contribution >= 0.6 is 0 Å². The summed E-state index contributed by atoms with van der Waals surface area (Å²) in [5, 5.41) is 2.89. The molecule has 3 rings (SSSR count). The summed E-state index contributed by atoms with van der Waals surface area (Å²) in [5.74, 6) is -0.322. The number of para-hydroxylation sites is 1. The molecule has 5 nitrogen and oxygen atoms in total. The Hall–Kier alpha value is -2.82. The van der Waals surface area contributed by atoms with Gasteiger partial charge in [-0.25, -0.2) is 4.79 Å². The van der Waals surface area contributed by atoms with Gasteiger partial charge in [-0.15, -0.1) is 0 Å². The second-order valence-electron chi connectivity index (χ2n) is 8.61. The molecule has 1 fully saturated rings. The van der Waals surface area contributed by atoms with Crippen LogP contribution in [0.15, 0.2) is 54.6 Å². The molecular formula is C24H30N2O3. The summed E-state index contributed by atoms with van der Waals surface area (Å²) >= 11 is 0. The molecule has 1 N–H and O–H groups in total. The van der Waals surface area contributed by atoms with Gasteiger partial charge in [-0.05, 0) is 41.5 Å². The number of anilines is 1. The standard InChI is InChI=1S/C24H30N2O3/c1-24(2,3)20-11-9-18(10-12-20)17-29-22(27)19-13-15-26(16-14-19)23(28)25-21-7-5-4-6-8-21/h4-12,19H,13-17H2,1-3H3,(H,25,28). The van der Waals surface area contributed by atoms with Crippen LogP contribution in [0.25, 0.3) is 0 Å². The van der Waals surface area contributed by atoms with E-state index in [1.165, 1.54) is 5.56 Å². The fourth-order valence-corrected chi connectivity index (χ4v) is 3.42. The predicted molar refractivity (Wildman–Crippen MR) is 115 cm³/mol. The average molecular weight is 395 g/mol. The molecule has 0 saturated carbocycles. The van der Waals surface area contributed by atoms with Crippen molar-refractivity contribution >= 4 is 17.7 Å². The van der Waals surface area contributed by atoms with Crippen molar-refractivity contribution in [2.45, 2.75) is 45.6 Å². The summed E-state index contributed by atoms with van der Waals surface area (Å²) in [6, 6.07) is 17.5. The van der Waals surface area contributed by atoms with E-state index in [1.807, 2.05) is 42.5 Å². The van der Waals surface area contributed by atoms with Gasteiger partial charge in [0.15, 0.2) is 0 Å². The van der Waals surface area contributed by atoms with Crippen LogP contribution in [0.1, 0.15) is 44.7 Å². The normalized spacial score (nSPS) is 15.1. The molecule has 0 radical (unpaired) electrons. The maximum absolute atomic E-state index is 12.4. The Morgan fingerprint density at radius 1 is 1.00 bits per heavy atom. The molecule has 2 aromatic rings. The van der Waals surface area contributed by atoms with E-state index >= 15 is 0 Å². The van der Waals surface area contributed by atoms with E-state index in [2.05, 4.69) is 38.2 Å². The van der Waals surface area contributed by atoms with Crippen molar-refractivity contribution in [2.75, 3.05) is 18.4 Å². The van der Waals surface area contributed by atoms with Gasteiger partial charge < -0.3 is 15.0 Å². The van der Waals surface area contributed by atoms with Crippen molar-refractivity contribution in [3.05, 3.63) is 65.7 Å². The lowest BCUT2D eigenvalue weighted by Crippen LogP contribution is -2.42. The zero-order chi connectivity index (χ0) is 20.9. The molecule has 2 aromatic carbocycles. The first kappa shape index (κ1) is 20.9. The summed E-state index contributed by atoms with van der Waals surface area (Å²) in [6.45, 7) is 7.92. The van der Waals surface area contributed by atoms with E-state index < -0.39 is 0 Å². The minimum Gasteiger partial charge on any atom is -0.461 e. The third-order valence-electron chi connectivity index (χ3n) is 5.34. The largest absolute Gasteiger partial charge is 0.461 e. The van der Waals surface area contributed by atoms with E-state index in [4.69, 9.17) is 4.74 Å². The predicted octanol–water partition coefficient (Wildman–Crippen LogP) is 4.97. The van der Waals surface area contributed by atoms with E-state index in [0.717, 1.165) is 11.3 Å². The van der Waals surface area contributed by atoms with Crippen LogP contribution in [0.4, 0.5) is 10.5 Å². The van der Waals surface area contributed by atoms with Gasteiger partial charge in [-0.3, -0.25) is 4.79 Å². The lowest BCUT2D eigenvalue weighted by Gasteiger charge is -2.31. The molecule has 0 aromatic heterocycles. The molecule has 1 saturated heterocycles. The molecular weight excluding hydrogens is 364 g/mol. The topological polar surface area (TPSA) is 58.6 Å². The van der Waals surface area contributed by atoms with Gasteiger partial charge >= 0.3 is 12.0 Å². The Bertz CT molecular complexity index is 817. The molecule has 1 aliphatic heterocycles. The molecule has 1 heterocycles. The molecule has 29 heavy (non-hydrogen) atoms. The molecule has 0 atom stereocenters. The quantitative estimate of drug-likeness (QED) is 0.745. The van der Waals surface area contributed by atoms with Crippen molar-refractivity contribution in [3.63, 3.8) is 0 Å². The number of benzene rings is 2. The average Bonchev–Trinajstić information content (AvgIpc) is 2.72. The Labute approximate surface area is 173 Å². The van der Waals surface area contributed by atoms with Crippen LogP contribution < -0.4 is 5.32 Å². The highest BCUT2D eigenvalue weighted by Gasteiger charge is 2.28. The van der Waals surface area contributed by atoms with Gasteiger partial charge in [0.2, 0.25) is 0 Å². The molecule has 0 spiro atoms. The first-order chi connectivity index (χ1) is 13.8. The lowest BCUT2D eigenvalue weighted by atomic mass is 9.87. The van der Waals surface area contributed by atoms with Crippen LogP contribution in [0.5, 0.6) is 0 Å². The molecule has 2 amide bonds. The number of carbonyl (C=O) groups excluding carboxylic acids is 2. The highest BCUT2D eigenvalue weighted by Crippen LogP contribution is 2.23. The highest BCUT2D eigenvalue weighted by atomic mass is 16.5. The van der Waals surface area contributed by atoms with Gasteiger partial charge in [0.1, 0.15) is 6.61 Å². The maximum Gasteiger partial charge on any atom is 0.321 e. The number of likely N-dealkylation sites (tertiary alicyclic amines) is 1. The van der Waals surface area contributed by atoms with E-state index in [0.29, 0.717) is 25.9 Å². The maximum atomic E-state index is 12.4. The number of nitrogens with one attached hydrogen (secondary N) is 1. The summed E-state index contributed by atoms with van der Waals surface area (Å²) in [7, 11) is 0. The number of esters is 1. The molecule has 1 aliphatic rings. The van der Waals surface area contributed by atoms with Gasteiger partial charge in [0.25, 0.3) is 0 Å². The van der Waals surface area contributed by atoms with Gasteiger partial charge in [-0.1, -0.05) is 63.2 Å². The number of ether oxygens (including phenoxy) is 1. The third-order valence-corrected chi connectivity index (χ3v) is 5.34. The summed E-state index contributed by atoms with van der Waals surface area (Å²) in [5.41, 5.74) is 3.13. The minimum absolute atomic E-state index is 0.107. The van der Waals surface area contributed by atoms with Gasteiger partial charge in [0.05, 0.1) is 5.92 Å². The molecule has 0 bridgehead atoms.